The van der Waals surface area contributed by atoms with Crippen LogP contribution in [0.1, 0.15) is 56.9 Å². The molecule has 10 heteroatoms. The molecule has 234 valence electrons. The number of phenolic OH excluding ortho intramolecular Hbond substituents is 1. The average molecular weight is 614 g/mol. The van der Waals surface area contributed by atoms with Gasteiger partial charge in [-0.15, -0.1) is 6.42 Å². The van der Waals surface area contributed by atoms with E-state index in [2.05, 4.69) is 27.8 Å². The third kappa shape index (κ3) is 5.22. The van der Waals surface area contributed by atoms with Crippen molar-refractivity contribution in [3.8, 4) is 35.4 Å². The van der Waals surface area contributed by atoms with Crippen molar-refractivity contribution in [3.63, 3.8) is 0 Å². The minimum absolute atomic E-state index is 0.00365. The van der Waals surface area contributed by atoms with Crippen molar-refractivity contribution in [2.75, 3.05) is 38.2 Å². The number of aliphatic hydroxyl groups excluding tert-OH is 1. The van der Waals surface area contributed by atoms with E-state index in [1.54, 1.807) is 0 Å². The molecule has 2 N–H and O–H groups in total. The van der Waals surface area contributed by atoms with E-state index in [1.165, 1.54) is 30.5 Å². The Morgan fingerprint density at radius 1 is 1.07 bits per heavy atom. The summed E-state index contributed by atoms with van der Waals surface area (Å²) in [5, 5.41) is 22.0. The normalized spacial score (nSPS) is 24.0. The molecule has 45 heavy (non-hydrogen) atoms. The Bertz CT molecular complexity index is 1830. The molecule has 4 heterocycles. The highest BCUT2D eigenvalue weighted by Crippen LogP contribution is 2.47. The van der Waals surface area contributed by atoms with Crippen LogP contribution in [-0.4, -0.2) is 75.5 Å². The first-order valence-corrected chi connectivity index (χ1v) is 15.8. The van der Waals surface area contributed by atoms with Gasteiger partial charge in [0.1, 0.15) is 28.6 Å². The number of aromatic hydroxyl groups is 1. The van der Waals surface area contributed by atoms with Gasteiger partial charge in [0, 0.05) is 41.7 Å². The maximum Gasteiger partial charge on any atom is 0.319 e. The highest BCUT2D eigenvalue weighted by Gasteiger charge is 2.47. The Kier molecular flexibility index (Phi) is 7.70. The van der Waals surface area contributed by atoms with Gasteiger partial charge in [0.25, 0.3) is 0 Å². The van der Waals surface area contributed by atoms with Crippen LogP contribution >= 0.6 is 0 Å². The highest BCUT2D eigenvalue weighted by molar-refractivity contribution is 6.03. The van der Waals surface area contributed by atoms with Gasteiger partial charge in [-0.25, -0.2) is 8.78 Å². The Morgan fingerprint density at radius 3 is 2.76 bits per heavy atom. The van der Waals surface area contributed by atoms with Crippen LogP contribution in [0.15, 0.2) is 30.5 Å². The molecule has 8 nitrogen and oxygen atoms in total. The number of likely N-dealkylation sites (tertiary alicyclic amines) is 1. The Balaban J connectivity index is 1.37. The van der Waals surface area contributed by atoms with Gasteiger partial charge in [-0.3, -0.25) is 4.98 Å². The summed E-state index contributed by atoms with van der Waals surface area (Å²) in [6.07, 6.45) is 14.3. The molecular weight excluding hydrogens is 576 g/mol. The zero-order chi connectivity index (χ0) is 31.3. The summed E-state index contributed by atoms with van der Waals surface area (Å²) in [6.45, 7) is 2.67. The quantitative estimate of drug-likeness (QED) is 0.273. The van der Waals surface area contributed by atoms with Crippen molar-refractivity contribution in [3.05, 3.63) is 47.7 Å². The van der Waals surface area contributed by atoms with Crippen molar-refractivity contribution in [1.29, 1.82) is 0 Å². The molecule has 1 aliphatic carbocycles. The number of ether oxygens (including phenoxy) is 1. The number of phenols is 1. The lowest BCUT2D eigenvalue weighted by Crippen LogP contribution is -2.50. The molecule has 2 saturated heterocycles. The summed E-state index contributed by atoms with van der Waals surface area (Å²) < 4.78 is 38.0. The SMILES string of the molecule is C#Cc1c(F)ccc2cc(O)cc(-c3ncc4c(N5CCCC(O)CC5)nc(OCC56CCCC5N(C)CCC6)nc4c3F)c12. The smallest absolute Gasteiger partial charge is 0.319 e. The van der Waals surface area contributed by atoms with Crippen LogP contribution < -0.4 is 9.64 Å². The van der Waals surface area contributed by atoms with E-state index in [4.69, 9.17) is 16.1 Å². The van der Waals surface area contributed by atoms with E-state index >= 15 is 4.39 Å². The number of terminal acetylenes is 1. The summed E-state index contributed by atoms with van der Waals surface area (Å²) in [4.78, 5) is 18.4. The fourth-order valence-corrected chi connectivity index (χ4v) is 7.94. The fraction of sp³-hybridized carbons (Fsp3) is 0.457. The first-order valence-electron chi connectivity index (χ1n) is 15.8. The number of pyridine rings is 1. The number of piperidine rings is 1. The summed E-state index contributed by atoms with van der Waals surface area (Å²) in [5.41, 5.74) is 0.0189. The number of rotatable bonds is 5. The lowest BCUT2D eigenvalue weighted by atomic mass is 9.76. The Morgan fingerprint density at radius 2 is 1.91 bits per heavy atom. The zero-order valence-electron chi connectivity index (χ0n) is 25.4. The van der Waals surface area contributed by atoms with E-state index < -0.39 is 17.7 Å². The lowest BCUT2D eigenvalue weighted by molar-refractivity contribution is 0.0133. The molecule has 1 saturated carbocycles. The number of anilines is 1. The lowest BCUT2D eigenvalue weighted by Gasteiger charge is -2.44. The molecule has 3 aliphatic rings. The second-order valence-corrected chi connectivity index (χ2v) is 12.9. The molecule has 3 unspecified atom stereocenters. The zero-order valence-corrected chi connectivity index (χ0v) is 25.4. The molecule has 3 fully saturated rings. The maximum atomic E-state index is 16.8. The van der Waals surface area contributed by atoms with Crippen molar-refractivity contribution in [2.24, 2.45) is 5.41 Å². The molecule has 0 spiro atoms. The molecule has 2 aliphatic heterocycles. The molecule has 0 amide bonds. The van der Waals surface area contributed by atoms with Gasteiger partial charge in [-0.05, 0) is 82.1 Å². The van der Waals surface area contributed by atoms with E-state index in [-0.39, 0.29) is 44.9 Å². The van der Waals surface area contributed by atoms with Gasteiger partial charge < -0.3 is 24.7 Å². The molecule has 2 aromatic heterocycles. The van der Waals surface area contributed by atoms with E-state index in [1.807, 2.05) is 4.90 Å². The molecular formula is C35H37F2N5O3. The third-order valence-corrected chi connectivity index (χ3v) is 10.2. The molecule has 0 radical (unpaired) electrons. The molecule has 2 aromatic carbocycles. The van der Waals surface area contributed by atoms with Gasteiger partial charge in [0.2, 0.25) is 0 Å². The molecule has 3 atom stereocenters. The van der Waals surface area contributed by atoms with Crippen molar-refractivity contribution in [2.45, 2.75) is 63.5 Å². The van der Waals surface area contributed by atoms with Crippen LogP contribution in [0.25, 0.3) is 32.9 Å². The number of aliphatic hydroxyl groups is 1. The number of halogens is 2. The van der Waals surface area contributed by atoms with Crippen LogP contribution in [0, 0.1) is 29.4 Å². The highest BCUT2D eigenvalue weighted by atomic mass is 19.1. The van der Waals surface area contributed by atoms with E-state index in [0.717, 1.165) is 45.1 Å². The second kappa shape index (κ2) is 11.7. The number of hydrogen-bond acceptors (Lipinski definition) is 8. The summed E-state index contributed by atoms with van der Waals surface area (Å²) >= 11 is 0. The third-order valence-electron chi connectivity index (χ3n) is 10.2. The summed E-state index contributed by atoms with van der Waals surface area (Å²) in [5.74, 6) is 1.38. The van der Waals surface area contributed by atoms with Crippen LogP contribution in [0.5, 0.6) is 11.8 Å². The van der Waals surface area contributed by atoms with Crippen LogP contribution in [0.4, 0.5) is 14.6 Å². The number of fused-ring (bicyclic) bond motifs is 3. The minimum Gasteiger partial charge on any atom is -0.508 e. The van der Waals surface area contributed by atoms with Gasteiger partial charge >= 0.3 is 6.01 Å². The van der Waals surface area contributed by atoms with Gasteiger partial charge in [-0.1, -0.05) is 18.4 Å². The topological polar surface area (TPSA) is 94.8 Å². The van der Waals surface area contributed by atoms with Crippen molar-refractivity contribution < 1.29 is 23.7 Å². The molecule has 4 aromatic rings. The number of hydrogen-bond donors (Lipinski definition) is 2. The second-order valence-electron chi connectivity index (χ2n) is 12.9. The first-order chi connectivity index (χ1) is 21.8. The number of aromatic nitrogens is 3. The van der Waals surface area contributed by atoms with E-state index in [0.29, 0.717) is 55.2 Å². The monoisotopic (exact) mass is 613 g/mol. The summed E-state index contributed by atoms with van der Waals surface area (Å²) in [7, 11) is 2.18. The van der Waals surface area contributed by atoms with Crippen molar-refractivity contribution >= 4 is 27.5 Å². The van der Waals surface area contributed by atoms with Crippen molar-refractivity contribution in [1.82, 2.24) is 19.9 Å². The largest absolute Gasteiger partial charge is 0.508 e. The number of nitrogens with zero attached hydrogens (tertiary/aromatic N) is 5. The van der Waals surface area contributed by atoms with Crippen LogP contribution in [-0.2, 0) is 0 Å². The molecule has 0 bridgehead atoms. The Hall–Kier alpha value is -4.07. The van der Waals surface area contributed by atoms with Gasteiger partial charge in [0.05, 0.1) is 23.7 Å². The van der Waals surface area contributed by atoms with E-state index in [9.17, 15) is 14.6 Å². The van der Waals surface area contributed by atoms with Crippen LogP contribution in [0.2, 0.25) is 0 Å². The number of benzene rings is 2. The summed E-state index contributed by atoms with van der Waals surface area (Å²) in [6, 6.07) is 6.03. The average Bonchev–Trinajstić information content (AvgIpc) is 3.35. The first kappa shape index (κ1) is 29.6. The predicted molar refractivity (Wildman–Crippen MR) is 169 cm³/mol. The minimum atomic E-state index is -0.746. The molecule has 7 rings (SSSR count). The Labute approximate surface area is 261 Å². The van der Waals surface area contributed by atoms with Gasteiger partial charge in [-0.2, -0.15) is 9.97 Å². The van der Waals surface area contributed by atoms with Crippen LogP contribution in [0.3, 0.4) is 0 Å². The standard InChI is InChI=1S/C35H37F2N5O3/c1-3-24-27(36)10-9-21-17-23(44)18-25(29(21)24)31-30(37)32-26(19-38-31)33(42-15-5-7-22(43)11-16-42)40-34(39-32)45-20-35-12-4-8-28(35)41(2)14-6-13-35/h1,9-10,17-19,22,28,43-44H,4-8,11-16,20H2,2H3. The van der Waals surface area contributed by atoms with Gasteiger partial charge in [0.15, 0.2) is 5.82 Å². The fourth-order valence-electron chi connectivity index (χ4n) is 7.94. The maximum absolute atomic E-state index is 16.8. The predicted octanol–water partition coefficient (Wildman–Crippen LogP) is 5.80.